The first-order chi connectivity index (χ1) is 9.58. The van der Waals surface area contributed by atoms with Gasteiger partial charge in [0.25, 0.3) is 0 Å². The van der Waals surface area contributed by atoms with Crippen molar-refractivity contribution in [2.45, 2.75) is 52.0 Å². The summed E-state index contributed by atoms with van der Waals surface area (Å²) in [4.78, 5) is 12.0. The fraction of sp³-hybridized carbons (Fsp3) is 0.562. The number of benzene rings is 1. The topological polar surface area (TPSA) is 61.4 Å². The molecule has 0 spiro atoms. The Hall–Kier alpha value is -1.55. The number of anilines is 1. The van der Waals surface area contributed by atoms with Crippen molar-refractivity contribution >= 4 is 11.6 Å². The fourth-order valence-electron chi connectivity index (χ4n) is 2.66. The third-order valence-corrected chi connectivity index (χ3v) is 4.04. The lowest BCUT2D eigenvalue weighted by molar-refractivity contribution is -0.116. The van der Waals surface area contributed by atoms with Crippen LogP contribution in [0.5, 0.6) is 5.75 Å². The first-order valence-electron chi connectivity index (χ1n) is 7.40. The molecule has 0 aromatic heterocycles. The predicted octanol–water partition coefficient (Wildman–Crippen LogP) is 2.87. The van der Waals surface area contributed by atoms with Gasteiger partial charge in [0.1, 0.15) is 5.75 Å². The average molecular weight is 276 g/mol. The Morgan fingerprint density at radius 3 is 2.90 bits per heavy atom. The summed E-state index contributed by atoms with van der Waals surface area (Å²) in [5.41, 5.74) is 2.26. The van der Waals surface area contributed by atoms with Gasteiger partial charge in [-0.2, -0.15) is 0 Å². The molecule has 4 nitrogen and oxygen atoms in total. The van der Waals surface area contributed by atoms with E-state index in [9.17, 15) is 9.90 Å². The normalized spacial score (nSPS) is 18.8. The Morgan fingerprint density at radius 1 is 1.40 bits per heavy atom. The molecular formula is C16H24N2O2. The SMILES string of the molecule is Cc1ccc(NC(=O)CCC2CCCCN2)c(C)c1O. The van der Waals surface area contributed by atoms with Crippen molar-refractivity contribution in [1.82, 2.24) is 5.32 Å². The number of phenols is 1. The van der Waals surface area contributed by atoms with E-state index in [1.165, 1.54) is 12.8 Å². The molecule has 110 valence electrons. The van der Waals surface area contributed by atoms with Crippen LogP contribution in [0.3, 0.4) is 0 Å². The average Bonchev–Trinajstić information content (AvgIpc) is 2.47. The number of phenolic OH excluding ortho intramolecular Hbond substituents is 1. The maximum atomic E-state index is 12.0. The van der Waals surface area contributed by atoms with E-state index in [0.29, 0.717) is 18.2 Å². The lowest BCUT2D eigenvalue weighted by Gasteiger charge is -2.23. The molecule has 1 fully saturated rings. The summed E-state index contributed by atoms with van der Waals surface area (Å²) in [6.45, 7) is 4.74. The van der Waals surface area contributed by atoms with Gasteiger partial charge in [0.15, 0.2) is 0 Å². The van der Waals surface area contributed by atoms with Gasteiger partial charge in [0.2, 0.25) is 5.91 Å². The lowest BCUT2D eigenvalue weighted by atomic mass is 10.0. The van der Waals surface area contributed by atoms with Crippen LogP contribution in [-0.2, 0) is 4.79 Å². The molecule has 0 saturated carbocycles. The van der Waals surface area contributed by atoms with Crippen molar-refractivity contribution in [1.29, 1.82) is 0 Å². The van der Waals surface area contributed by atoms with Crippen LogP contribution in [0, 0.1) is 13.8 Å². The number of aromatic hydroxyl groups is 1. The fourth-order valence-corrected chi connectivity index (χ4v) is 2.66. The molecule has 1 aliphatic heterocycles. The van der Waals surface area contributed by atoms with Gasteiger partial charge in [-0.1, -0.05) is 12.5 Å². The molecular weight excluding hydrogens is 252 g/mol. The van der Waals surface area contributed by atoms with Crippen molar-refractivity contribution in [3.63, 3.8) is 0 Å². The largest absolute Gasteiger partial charge is 0.507 e. The van der Waals surface area contributed by atoms with Gasteiger partial charge in [0, 0.05) is 23.7 Å². The first-order valence-corrected chi connectivity index (χ1v) is 7.40. The molecule has 1 heterocycles. The molecule has 4 heteroatoms. The van der Waals surface area contributed by atoms with Gasteiger partial charge in [-0.25, -0.2) is 0 Å². The number of piperidine rings is 1. The van der Waals surface area contributed by atoms with Crippen molar-refractivity contribution in [2.24, 2.45) is 0 Å². The van der Waals surface area contributed by atoms with Crippen molar-refractivity contribution < 1.29 is 9.90 Å². The molecule has 2 rings (SSSR count). The van der Waals surface area contributed by atoms with Gasteiger partial charge in [-0.15, -0.1) is 0 Å². The molecule has 1 aliphatic rings. The number of nitrogens with one attached hydrogen (secondary N) is 2. The van der Waals surface area contributed by atoms with Crippen LogP contribution in [0.1, 0.15) is 43.2 Å². The van der Waals surface area contributed by atoms with Crippen LogP contribution in [-0.4, -0.2) is 23.6 Å². The number of aryl methyl sites for hydroxylation is 1. The van der Waals surface area contributed by atoms with Crippen LogP contribution in [0.15, 0.2) is 12.1 Å². The molecule has 1 saturated heterocycles. The summed E-state index contributed by atoms with van der Waals surface area (Å²) in [7, 11) is 0. The van der Waals surface area contributed by atoms with Crippen LogP contribution in [0.25, 0.3) is 0 Å². The van der Waals surface area contributed by atoms with Gasteiger partial charge >= 0.3 is 0 Å². The Balaban J connectivity index is 1.86. The predicted molar refractivity (Wildman–Crippen MR) is 81.1 cm³/mol. The molecule has 0 aliphatic carbocycles. The first kappa shape index (κ1) is 14.9. The van der Waals surface area contributed by atoms with E-state index in [0.717, 1.165) is 30.5 Å². The lowest BCUT2D eigenvalue weighted by Crippen LogP contribution is -2.34. The summed E-state index contributed by atoms with van der Waals surface area (Å²) in [6, 6.07) is 4.14. The second-order valence-electron chi connectivity index (χ2n) is 5.64. The van der Waals surface area contributed by atoms with Gasteiger partial charge < -0.3 is 15.7 Å². The number of rotatable bonds is 4. The van der Waals surface area contributed by atoms with Gasteiger partial charge in [-0.05, 0) is 51.3 Å². The number of hydrogen-bond donors (Lipinski definition) is 3. The molecule has 0 bridgehead atoms. The van der Waals surface area contributed by atoms with Gasteiger partial charge in [0.05, 0.1) is 0 Å². The second-order valence-corrected chi connectivity index (χ2v) is 5.64. The van der Waals surface area contributed by atoms with Crippen LogP contribution in [0.2, 0.25) is 0 Å². The quantitative estimate of drug-likeness (QED) is 0.792. The van der Waals surface area contributed by atoms with Crippen molar-refractivity contribution in [2.75, 3.05) is 11.9 Å². The van der Waals surface area contributed by atoms with E-state index in [1.54, 1.807) is 0 Å². The van der Waals surface area contributed by atoms with E-state index in [4.69, 9.17) is 0 Å². The highest BCUT2D eigenvalue weighted by Gasteiger charge is 2.15. The molecule has 0 radical (unpaired) electrons. The molecule has 1 amide bonds. The summed E-state index contributed by atoms with van der Waals surface area (Å²) in [5.74, 6) is 0.278. The Bertz CT molecular complexity index is 480. The highest BCUT2D eigenvalue weighted by molar-refractivity contribution is 5.92. The minimum Gasteiger partial charge on any atom is -0.507 e. The molecule has 1 aromatic rings. The van der Waals surface area contributed by atoms with Gasteiger partial charge in [-0.3, -0.25) is 4.79 Å². The second kappa shape index (κ2) is 6.75. The zero-order valence-electron chi connectivity index (χ0n) is 12.3. The molecule has 20 heavy (non-hydrogen) atoms. The number of amides is 1. The Labute approximate surface area is 120 Å². The number of hydrogen-bond acceptors (Lipinski definition) is 3. The molecule has 1 unspecified atom stereocenters. The van der Waals surface area contributed by atoms with Crippen LogP contribution < -0.4 is 10.6 Å². The highest BCUT2D eigenvalue weighted by atomic mass is 16.3. The van der Waals surface area contributed by atoms with E-state index in [-0.39, 0.29) is 11.7 Å². The minimum absolute atomic E-state index is 0.0173. The standard InChI is InChI=1S/C16H24N2O2/c1-11-6-8-14(12(2)16(11)20)18-15(19)9-7-13-5-3-4-10-17-13/h6,8,13,17,20H,3-5,7,9-10H2,1-2H3,(H,18,19). The van der Waals surface area contributed by atoms with E-state index in [1.807, 2.05) is 26.0 Å². The third-order valence-electron chi connectivity index (χ3n) is 4.04. The van der Waals surface area contributed by atoms with E-state index < -0.39 is 0 Å². The van der Waals surface area contributed by atoms with Crippen LogP contribution >= 0.6 is 0 Å². The third kappa shape index (κ3) is 3.73. The Morgan fingerprint density at radius 2 is 2.20 bits per heavy atom. The van der Waals surface area contributed by atoms with Crippen LogP contribution in [0.4, 0.5) is 5.69 Å². The highest BCUT2D eigenvalue weighted by Crippen LogP contribution is 2.28. The molecule has 1 aromatic carbocycles. The minimum atomic E-state index is 0.0173. The van der Waals surface area contributed by atoms with E-state index >= 15 is 0 Å². The van der Waals surface area contributed by atoms with Crippen molar-refractivity contribution in [3.8, 4) is 5.75 Å². The Kier molecular flexibility index (Phi) is 5.01. The molecule has 1 atom stereocenters. The number of carbonyl (C=O) groups excluding carboxylic acids is 1. The molecule has 3 N–H and O–H groups in total. The summed E-state index contributed by atoms with van der Waals surface area (Å²) in [6.07, 6.45) is 5.06. The zero-order valence-corrected chi connectivity index (χ0v) is 12.3. The van der Waals surface area contributed by atoms with Crippen molar-refractivity contribution in [3.05, 3.63) is 23.3 Å². The zero-order chi connectivity index (χ0) is 14.5. The maximum Gasteiger partial charge on any atom is 0.224 e. The number of carbonyl (C=O) groups is 1. The summed E-state index contributed by atoms with van der Waals surface area (Å²) < 4.78 is 0. The smallest absolute Gasteiger partial charge is 0.224 e. The maximum absolute atomic E-state index is 12.0. The summed E-state index contributed by atoms with van der Waals surface area (Å²) in [5, 5.41) is 16.2. The monoisotopic (exact) mass is 276 g/mol. The summed E-state index contributed by atoms with van der Waals surface area (Å²) >= 11 is 0. The van der Waals surface area contributed by atoms with E-state index in [2.05, 4.69) is 10.6 Å².